The number of aliphatic carboxylic acids is 1. The molecule has 0 bridgehead atoms. The number of para-hydroxylation sites is 1. The van der Waals surface area contributed by atoms with E-state index in [1.165, 1.54) is 6.08 Å². The highest BCUT2D eigenvalue weighted by molar-refractivity contribution is 5.96. The van der Waals surface area contributed by atoms with E-state index in [2.05, 4.69) is 0 Å². The Hall–Kier alpha value is -2.30. The topological polar surface area (TPSA) is 72.8 Å². The van der Waals surface area contributed by atoms with Crippen LogP contribution in [0.3, 0.4) is 0 Å². The standard InChI is InChI=1S/C13H12O5/c1-13(2)17-11-8(6-7-10(14)15)4-3-5-9(11)12(16)18-13/h3-7H,1-2H3,(H,14,15)/b7-6+. The Kier molecular flexibility index (Phi) is 2.82. The lowest BCUT2D eigenvalue weighted by Gasteiger charge is -2.32. The molecule has 18 heavy (non-hydrogen) atoms. The van der Waals surface area contributed by atoms with Crippen LogP contribution in [0.2, 0.25) is 0 Å². The number of ether oxygens (including phenoxy) is 2. The summed E-state index contributed by atoms with van der Waals surface area (Å²) in [5.41, 5.74) is 0.821. The predicted octanol–water partition coefficient (Wildman–Crippen LogP) is 2.07. The Morgan fingerprint density at radius 3 is 2.72 bits per heavy atom. The average molecular weight is 248 g/mol. The van der Waals surface area contributed by atoms with Gasteiger partial charge >= 0.3 is 11.9 Å². The maximum absolute atomic E-state index is 11.7. The van der Waals surface area contributed by atoms with Gasteiger partial charge in [-0.2, -0.15) is 0 Å². The minimum Gasteiger partial charge on any atom is -0.478 e. The van der Waals surface area contributed by atoms with Crippen molar-refractivity contribution in [3.05, 3.63) is 35.4 Å². The van der Waals surface area contributed by atoms with E-state index >= 15 is 0 Å². The summed E-state index contributed by atoms with van der Waals surface area (Å²) in [4.78, 5) is 22.3. The normalized spacial score (nSPS) is 16.9. The largest absolute Gasteiger partial charge is 0.478 e. The molecule has 1 N–H and O–H groups in total. The Morgan fingerprint density at radius 1 is 1.33 bits per heavy atom. The quantitative estimate of drug-likeness (QED) is 0.640. The molecule has 0 radical (unpaired) electrons. The molecule has 0 spiro atoms. The molecule has 1 heterocycles. The number of cyclic esters (lactones) is 1. The van der Waals surface area contributed by atoms with Crippen LogP contribution in [-0.4, -0.2) is 22.8 Å². The second-order valence-electron chi connectivity index (χ2n) is 4.29. The molecule has 1 aromatic carbocycles. The van der Waals surface area contributed by atoms with E-state index in [0.717, 1.165) is 6.08 Å². The molecule has 94 valence electrons. The van der Waals surface area contributed by atoms with Crippen molar-refractivity contribution >= 4 is 18.0 Å². The smallest absolute Gasteiger partial charge is 0.345 e. The van der Waals surface area contributed by atoms with Crippen molar-refractivity contribution in [1.29, 1.82) is 0 Å². The summed E-state index contributed by atoms with van der Waals surface area (Å²) in [7, 11) is 0. The third kappa shape index (κ3) is 2.34. The van der Waals surface area contributed by atoms with Crippen LogP contribution in [0.5, 0.6) is 5.75 Å². The van der Waals surface area contributed by atoms with E-state index < -0.39 is 17.7 Å². The molecule has 0 saturated heterocycles. The van der Waals surface area contributed by atoms with Crippen molar-refractivity contribution in [2.45, 2.75) is 19.6 Å². The Morgan fingerprint density at radius 2 is 2.06 bits per heavy atom. The molecule has 0 fully saturated rings. The molecule has 1 aliphatic heterocycles. The van der Waals surface area contributed by atoms with Crippen LogP contribution < -0.4 is 4.74 Å². The van der Waals surface area contributed by atoms with Gasteiger partial charge in [-0.25, -0.2) is 9.59 Å². The number of carboxylic acid groups (broad SMARTS) is 1. The summed E-state index contributed by atoms with van der Waals surface area (Å²) < 4.78 is 10.6. The van der Waals surface area contributed by atoms with E-state index in [0.29, 0.717) is 16.9 Å². The molecule has 0 unspecified atom stereocenters. The van der Waals surface area contributed by atoms with Crippen LogP contribution in [-0.2, 0) is 9.53 Å². The van der Waals surface area contributed by atoms with Crippen molar-refractivity contribution in [3.8, 4) is 5.75 Å². The second-order valence-corrected chi connectivity index (χ2v) is 4.29. The van der Waals surface area contributed by atoms with Crippen molar-refractivity contribution in [2.75, 3.05) is 0 Å². The summed E-state index contributed by atoms with van der Waals surface area (Å²) >= 11 is 0. The number of hydrogen-bond acceptors (Lipinski definition) is 4. The van der Waals surface area contributed by atoms with Crippen LogP contribution in [0.1, 0.15) is 29.8 Å². The number of carbonyl (C=O) groups excluding carboxylic acids is 1. The van der Waals surface area contributed by atoms with Gasteiger partial charge in [0.05, 0.1) is 0 Å². The highest BCUT2D eigenvalue weighted by Gasteiger charge is 2.34. The highest BCUT2D eigenvalue weighted by atomic mass is 16.7. The van der Waals surface area contributed by atoms with Gasteiger partial charge < -0.3 is 14.6 Å². The van der Waals surface area contributed by atoms with Gasteiger partial charge in [0.15, 0.2) is 0 Å². The molecule has 1 aliphatic rings. The summed E-state index contributed by atoms with van der Waals surface area (Å²) in [6.07, 6.45) is 2.38. The summed E-state index contributed by atoms with van der Waals surface area (Å²) in [5, 5.41) is 8.61. The van der Waals surface area contributed by atoms with Gasteiger partial charge in [0.2, 0.25) is 5.79 Å². The number of esters is 1. The monoisotopic (exact) mass is 248 g/mol. The molecule has 0 saturated carbocycles. The van der Waals surface area contributed by atoms with Crippen LogP contribution in [0.25, 0.3) is 6.08 Å². The van der Waals surface area contributed by atoms with Gasteiger partial charge in [-0.1, -0.05) is 12.1 Å². The van der Waals surface area contributed by atoms with Crippen molar-refractivity contribution in [3.63, 3.8) is 0 Å². The van der Waals surface area contributed by atoms with Crippen molar-refractivity contribution in [2.24, 2.45) is 0 Å². The summed E-state index contributed by atoms with van der Waals surface area (Å²) in [6.45, 7) is 3.23. The van der Waals surface area contributed by atoms with E-state index in [1.807, 2.05) is 0 Å². The van der Waals surface area contributed by atoms with E-state index in [4.69, 9.17) is 14.6 Å². The Bertz CT molecular complexity index is 542. The predicted molar refractivity (Wildman–Crippen MR) is 63.2 cm³/mol. The minimum absolute atomic E-state index is 0.293. The van der Waals surface area contributed by atoms with Crippen LogP contribution >= 0.6 is 0 Å². The molecule has 5 heteroatoms. The zero-order valence-electron chi connectivity index (χ0n) is 9.97. The number of hydrogen-bond donors (Lipinski definition) is 1. The third-order valence-corrected chi connectivity index (χ3v) is 2.36. The van der Waals surface area contributed by atoms with Crippen molar-refractivity contribution in [1.82, 2.24) is 0 Å². The fraction of sp³-hybridized carbons (Fsp3) is 0.231. The maximum Gasteiger partial charge on any atom is 0.345 e. The average Bonchev–Trinajstić information content (AvgIpc) is 2.25. The minimum atomic E-state index is -1.06. The van der Waals surface area contributed by atoms with Crippen LogP contribution in [0, 0.1) is 0 Å². The molecular formula is C13H12O5. The summed E-state index contributed by atoms with van der Waals surface area (Å²) in [6, 6.07) is 4.89. The molecular weight excluding hydrogens is 236 g/mol. The fourth-order valence-corrected chi connectivity index (χ4v) is 1.67. The second kappa shape index (κ2) is 4.18. The fourth-order valence-electron chi connectivity index (χ4n) is 1.67. The Balaban J connectivity index is 2.49. The van der Waals surface area contributed by atoms with Gasteiger partial charge in [0.1, 0.15) is 11.3 Å². The molecule has 5 nitrogen and oxygen atoms in total. The first-order chi connectivity index (χ1) is 8.39. The number of carboxylic acids is 1. The van der Waals surface area contributed by atoms with Crippen molar-refractivity contribution < 1.29 is 24.2 Å². The maximum atomic E-state index is 11.7. The lowest BCUT2D eigenvalue weighted by molar-refractivity contribution is -0.131. The van der Waals surface area contributed by atoms with Crippen LogP contribution in [0.15, 0.2) is 24.3 Å². The zero-order chi connectivity index (χ0) is 13.3. The van der Waals surface area contributed by atoms with E-state index in [-0.39, 0.29) is 0 Å². The number of fused-ring (bicyclic) bond motifs is 1. The molecule has 1 aromatic rings. The Labute approximate surface area is 104 Å². The zero-order valence-corrected chi connectivity index (χ0v) is 9.97. The molecule has 0 aliphatic carbocycles. The van der Waals surface area contributed by atoms with Gasteiger partial charge in [-0.15, -0.1) is 0 Å². The van der Waals surface area contributed by atoms with Gasteiger partial charge in [-0.05, 0) is 12.1 Å². The van der Waals surface area contributed by atoms with Crippen LogP contribution in [0.4, 0.5) is 0 Å². The van der Waals surface area contributed by atoms with Gasteiger partial charge in [0, 0.05) is 25.5 Å². The highest BCUT2D eigenvalue weighted by Crippen LogP contribution is 2.34. The number of benzene rings is 1. The SMILES string of the molecule is CC1(C)OC(=O)c2cccc(/C=C/C(=O)O)c2O1. The van der Waals surface area contributed by atoms with E-state index in [9.17, 15) is 9.59 Å². The third-order valence-electron chi connectivity index (χ3n) is 2.36. The molecule has 0 amide bonds. The van der Waals surface area contributed by atoms with Gasteiger partial charge in [-0.3, -0.25) is 0 Å². The van der Waals surface area contributed by atoms with E-state index in [1.54, 1.807) is 32.0 Å². The first-order valence-electron chi connectivity index (χ1n) is 5.35. The summed E-state index contributed by atoms with van der Waals surface area (Å²) in [5.74, 6) is -2.26. The lowest BCUT2D eigenvalue weighted by Crippen LogP contribution is -2.39. The first-order valence-corrected chi connectivity index (χ1v) is 5.35. The molecule has 0 aromatic heterocycles. The first kappa shape index (κ1) is 12.2. The number of carbonyl (C=O) groups is 2. The lowest BCUT2D eigenvalue weighted by atomic mass is 10.1. The molecule has 2 rings (SSSR count). The molecule has 0 atom stereocenters. The number of rotatable bonds is 2. The van der Waals surface area contributed by atoms with Gasteiger partial charge in [0.25, 0.3) is 0 Å².